The molecule has 0 amide bonds. The number of unbranched alkanes of at least 4 members (excludes halogenated alkanes) is 15. The standard InChI is InChI=1S/C24H47NO3/c1-2-3-4-5-6-7-8-9-10-11-12-13-16-19-22(26)20-17-14-15-18-21-23(25)24(27)28/h23H,2-21,25H2,1H3,(H,27,28)/t23-/m0/s1. The maximum atomic E-state index is 11.9. The molecule has 4 nitrogen and oxygen atoms in total. The number of carbonyl (C=O) groups excluding carboxylic acids is 1. The summed E-state index contributed by atoms with van der Waals surface area (Å²) in [5.74, 6) is -0.529. The molecule has 0 bridgehead atoms. The maximum Gasteiger partial charge on any atom is 0.320 e. The summed E-state index contributed by atoms with van der Waals surface area (Å²) in [6.07, 6.45) is 23.0. The average molecular weight is 398 g/mol. The van der Waals surface area contributed by atoms with Crippen LogP contribution in [-0.4, -0.2) is 22.9 Å². The van der Waals surface area contributed by atoms with Crippen LogP contribution in [0.4, 0.5) is 0 Å². The topological polar surface area (TPSA) is 80.4 Å². The first-order chi connectivity index (χ1) is 13.6. The lowest BCUT2D eigenvalue weighted by Crippen LogP contribution is -2.29. The fourth-order valence-electron chi connectivity index (χ4n) is 3.63. The Kier molecular flexibility index (Phi) is 20.2. The predicted octanol–water partition coefficient (Wildman–Crippen LogP) is 6.79. The molecule has 0 aromatic carbocycles. The molecule has 0 heterocycles. The van der Waals surface area contributed by atoms with Gasteiger partial charge in [0.1, 0.15) is 11.8 Å². The summed E-state index contributed by atoms with van der Waals surface area (Å²) >= 11 is 0. The Morgan fingerprint density at radius 1 is 0.643 bits per heavy atom. The quantitative estimate of drug-likeness (QED) is 0.197. The van der Waals surface area contributed by atoms with Crippen LogP contribution in [0.25, 0.3) is 0 Å². The largest absolute Gasteiger partial charge is 0.480 e. The predicted molar refractivity (Wildman–Crippen MR) is 119 cm³/mol. The van der Waals surface area contributed by atoms with Gasteiger partial charge >= 0.3 is 5.97 Å². The monoisotopic (exact) mass is 397 g/mol. The Balaban J connectivity index is 3.22. The van der Waals surface area contributed by atoms with Gasteiger partial charge in [0.15, 0.2) is 0 Å². The normalized spacial score (nSPS) is 12.2. The number of carbonyl (C=O) groups is 2. The molecular weight excluding hydrogens is 350 g/mol. The zero-order valence-electron chi connectivity index (χ0n) is 18.6. The SMILES string of the molecule is CCCCCCCCCCCCCCCC(=O)CCCCCC[C@H](N)C(=O)O. The number of hydrogen-bond acceptors (Lipinski definition) is 3. The van der Waals surface area contributed by atoms with Crippen molar-refractivity contribution in [2.75, 3.05) is 0 Å². The van der Waals surface area contributed by atoms with Gasteiger partial charge in [-0.25, -0.2) is 0 Å². The molecule has 0 unspecified atom stereocenters. The molecule has 0 saturated carbocycles. The van der Waals surface area contributed by atoms with Gasteiger partial charge in [0.05, 0.1) is 0 Å². The van der Waals surface area contributed by atoms with Crippen molar-refractivity contribution < 1.29 is 14.7 Å². The van der Waals surface area contributed by atoms with Crippen LogP contribution in [0, 0.1) is 0 Å². The molecule has 0 saturated heterocycles. The Morgan fingerprint density at radius 3 is 1.39 bits per heavy atom. The third-order valence-electron chi connectivity index (χ3n) is 5.60. The molecule has 28 heavy (non-hydrogen) atoms. The average Bonchev–Trinajstić information content (AvgIpc) is 2.67. The number of rotatable bonds is 22. The Labute approximate surface area is 174 Å². The van der Waals surface area contributed by atoms with Crippen LogP contribution >= 0.6 is 0 Å². The highest BCUT2D eigenvalue weighted by Crippen LogP contribution is 2.14. The van der Waals surface area contributed by atoms with Crippen LogP contribution in [0.1, 0.15) is 135 Å². The van der Waals surface area contributed by atoms with E-state index in [4.69, 9.17) is 10.8 Å². The molecule has 0 aliphatic heterocycles. The van der Waals surface area contributed by atoms with Crippen LogP contribution in [0.3, 0.4) is 0 Å². The molecule has 0 fully saturated rings. The first-order valence-electron chi connectivity index (χ1n) is 12.1. The fraction of sp³-hybridized carbons (Fsp3) is 0.917. The van der Waals surface area contributed by atoms with Gasteiger partial charge in [0.25, 0.3) is 0 Å². The van der Waals surface area contributed by atoms with Crippen molar-refractivity contribution in [3.05, 3.63) is 0 Å². The van der Waals surface area contributed by atoms with E-state index in [2.05, 4.69) is 6.92 Å². The van der Waals surface area contributed by atoms with Gasteiger partial charge in [0, 0.05) is 12.8 Å². The zero-order valence-corrected chi connectivity index (χ0v) is 18.6. The van der Waals surface area contributed by atoms with Crippen molar-refractivity contribution in [3.63, 3.8) is 0 Å². The van der Waals surface area contributed by atoms with Crippen molar-refractivity contribution in [2.45, 2.75) is 141 Å². The zero-order chi connectivity index (χ0) is 20.9. The number of hydrogen-bond donors (Lipinski definition) is 2. The highest BCUT2D eigenvalue weighted by Gasteiger charge is 2.10. The molecule has 4 heteroatoms. The molecule has 3 N–H and O–H groups in total. The lowest BCUT2D eigenvalue weighted by Gasteiger charge is -2.06. The van der Waals surface area contributed by atoms with Crippen molar-refractivity contribution in [3.8, 4) is 0 Å². The summed E-state index contributed by atoms with van der Waals surface area (Å²) in [6, 6.07) is -0.739. The van der Waals surface area contributed by atoms with E-state index in [0.29, 0.717) is 18.6 Å². The Hall–Kier alpha value is -0.900. The molecule has 0 aromatic rings. The van der Waals surface area contributed by atoms with Crippen LogP contribution in [0.15, 0.2) is 0 Å². The van der Waals surface area contributed by atoms with Gasteiger partial charge in [0.2, 0.25) is 0 Å². The lowest BCUT2D eigenvalue weighted by atomic mass is 10.0. The fourth-order valence-corrected chi connectivity index (χ4v) is 3.63. The lowest BCUT2D eigenvalue weighted by molar-refractivity contribution is -0.138. The van der Waals surface area contributed by atoms with Crippen LogP contribution in [-0.2, 0) is 9.59 Å². The molecule has 0 aromatic heterocycles. The highest BCUT2D eigenvalue weighted by atomic mass is 16.4. The van der Waals surface area contributed by atoms with Crippen molar-refractivity contribution >= 4 is 11.8 Å². The maximum absolute atomic E-state index is 11.9. The van der Waals surface area contributed by atoms with Gasteiger partial charge in [-0.2, -0.15) is 0 Å². The number of aliphatic carboxylic acids is 1. The number of Topliss-reactive ketones (excluding diaryl/α,β-unsaturated/α-hetero) is 1. The minimum atomic E-state index is -0.923. The number of ketones is 1. The van der Waals surface area contributed by atoms with Crippen LogP contribution in [0.2, 0.25) is 0 Å². The molecule has 0 radical (unpaired) electrons. The third-order valence-corrected chi connectivity index (χ3v) is 5.60. The first kappa shape index (κ1) is 27.1. The number of carboxylic acids is 1. The molecule has 166 valence electrons. The highest BCUT2D eigenvalue weighted by molar-refractivity contribution is 5.78. The minimum Gasteiger partial charge on any atom is -0.480 e. The summed E-state index contributed by atoms with van der Waals surface area (Å²) in [5, 5.41) is 8.71. The van der Waals surface area contributed by atoms with E-state index >= 15 is 0 Å². The second-order valence-electron chi connectivity index (χ2n) is 8.43. The smallest absolute Gasteiger partial charge is 0.320 e. The molecule has 0 aliphatic rings. The second-order valence-corrected chi connectivity index (χ2v) is 8.43. The van der Waals surface area contributed by atoms with E-state index in [0.717, 1.165) is 38.5 Å². The Morgan fingerprint density at radius 2 is 1.00 bits per heavy atom. The second kappa shape index (κ2) is 20.8. The molecule has 0 aliphatic carbocycles. The summed E-state index contributed by atoms with van der Waals surface area (Å²) < 4.78 is 0. The van der Waals surface area contributed by atoms with Crippen LogP contribution in [0.5, 0.6) is 0 Å². The molecule has 1 atom stereocenters. The number of carboxylic acid groups (broad SMARTS) is 1. The minimum absolute atomic E-state index is 0.394. The number of nitrogens with two attached hydrogens (primary N) is 1. The summed E-state index contributed by atoms with van der Waals surface area (Å²) in [4.78, 5) is 22.5. The van der Waals surface area contributed by atoms with Crippen molar-refractivity contribution in [1.82, 2.24) is 0 Å². The summed E-state index contributed by atoms with van der Waals surface area (Å²) in [5.41, 5.74) is 5.47. The molecule has 0 spiro atoms. The van der Waals surface area contributed by atoms with Gasteiger partial charge in [-0.15, -0.1) is 0 Å². The van der Waals surface area contributed by atoms with E-state index in [1.807, 2.05) is 0 Å². The van der Waals surface area contributed by atoms with E-state index in [-0.39, 0.29) is 0 Å². The van der Waals surface area contributed by atoms with E-state index < -0.39 is 12.0 Å². The van der Waals surface area contributed by atoms with Gasteiger partial charge in [-0.1, -0.05) is 103 Å². The summed E-state index contributed by atoms with van der Waals surface area (Å²) in [6.45, 7) is 2.27. The van der Waals surface area contributed by atoms with Crippen molar-refractivity contribution in [1.29, 1.82) is 0 Å². The van der Waals surface area contributed by atoms with Gasteiger partial charge < -0.3 is 10.8 Å². The molecule has 0 rings (SSSR count). The van der Waals surface area contributed by atoms with E-state index in [1.165, 1.54) is 77.0 Å². The van der Waals surface area contributed by atoms with Gasteiger partial charge in [-0.05, 0) is 19.3 Å². The van der Waals surface area contributed by atoms with E-state index in [9.17, 15) is 9.59 Å². The molecular formula is C24H47NO3. The van der Waals surface area contributed by atoms with Gasteiger partial charge in [-0.3, -0.25) is 9.59 Å². The summed E-state index contributed by atoms with van der Waals surface area (Å²) in [7, 11) is 0. The first-order valence-corrected chi connectivity index (χ1v) is 12.1. The van der Waals surface area contributed by atoms with E-state index in [1.54, 1.807) is 0 Å². The van der Waals surface area contributed by atoms with Crippen molar-refractivity contribution in [2.24, 2.45) is 5.73 Å². The third kappa shape index (κ3) is 19.9. The Bertz CT molecular complexity index is 371. The van der Waals surface area contributed by atoms with Crippen LogP contribution < -0.4 is 5.73 Å².